The van der Waals surface area contributed by atoms with Crippen LogP contribution in [0.1, 0.15) is 18.4 Å². The summed E-state index contributed by atoms with van der Waals surface area (Å²) < 4.78 is 2.12. The third-order valence-electron chi connectivity index (χ3n) is 3.96. The predicted octanol–water partition coefficient (Wildman–Crippen LogP) is 3.83. The van der Waals surface area contributed by atoms with Gasteiger partial charge in [-0.3, -0.25) is 4.79 Å². The second-order valence-corrected chi connectivity index (χ2v) is 6.20. The fraction of sp³-hybridized carbons (Fsp3) is 0.263. The van der Waals surface area contributed by atoms with Crippen LogP contribution in [0.2, 0.25) is 5.02 Å². The Hall–Kier alpha value is -2.33. The van der Waals surface area contributed by atoms with Gasteiger partial charge in [-0.2, -0.15) is 0 Å². The molecule has 1 aromatic heterocycles. The molecular weight excluding hydrogens is 322 g/mol. The zero-order valence-electron chi connectivity index (χ0n) is 13.4. The topological polar surface area (TPSA) is 46.9 Å². The summed E-state index contributed by atoms with van der Waals surface area (Å²) >= 11 is 5.94. The molecule has 3 rings (SSSR count). The molecule has 0 fully saturated rings. The molecule has 24 heavy (non-hydrogen) atoms. The van der Waals surface area contributed by atoms with E-state index >= 15 is 0 Å². The van der Waals surface area contributed by atoms with Crippen LogP contribution in [0.5, 0.6) is 0 Å². The van der Waals surface area contributed by atoms with Crippen molar-refractivity contribution < 1.29 is 4.79 Å². The summed E-state index contributed by atoms with van der Waals surface area (Å²) in [5.41, 5.74) is 3.22. The van der Waals surface area contributed by atoms with E-state index in [0.717, 1.165) is 29.6 Å². The molecule has 0 bridgehead atoms. The largest absolute Gasteiger partial charge is 0.356 e. The van der Waals surface area contributed by atoms with Gasteiger partial charge in [-0.25, -0.2) is 4.98 Å². The Morgan fingerprint density at radius 1 is 1.17 bits per heavy atom. The quantitative estimate of drug-likeness (QED) is 0.664. The lowest BCUT2D eigenvalue weighted by molar-refractivity contribution is -0.121. The first kappa shape index (κ1) is 16.5. The van der Waals surface area contributed by atoms with Gasteiger partial charge in [-0.1, -0.05) is 35.9 Å². The molecular formula is C19H20ClN3O. The Morgan fingerprint density at radius 3 is 2.92 bits per heavy atom. The van der Waals surface area contributed by atoms with Crippen LogP contribution in [0.25, 0.3) is 11.0 Å². The number of carbonyl (C=O) groups is 1. The molecule has 0 unspecified atom stereocenters. The smallest absolute Gasteiger partial charge is 0.220 e. The van der Waals surface area contributed by atoms with Gasteiger partial charge in [0.15, 0.2) is 0 Å². The summed E-state index contributed by atoms with van der Waals surface area (Å²) in [5, 5.41) is 3.68. The zero-order chi connectivity index (χ0) is 16.8. The molecule has 1 heterocycles. The van der Waals surface area contributed by atoms with Crippen molar-refractivity contribution in [3.8, 4) is 0 Å². The van der Waals surface area contributed by atoms with Gasteiger partial charge in [0.2, 0.25) is 5.91 Å². The highest BCUT2D eigenvalue weighted by Gasteiger charge is 2.04. The molecule has 4 nitrogen and oxygen atoms in total. The lowest BCUT2D eigenvalue weighted by atomic mass is 10.1. The van der Waals surface area contributed by atoms with Gasteiger partial charge in [-0.05, 0) is 42.7 Å². The van der Waals surface area contributed by atoms with E-state index in [2.05, 4.69) is 20.9 Å². The Bertz CT molecular complexity index is 828. The van der Waals surface area contributed by atoms with Crippen LogP contribution >= 0.6 is 11.6 Å². The monoisotopic (exact) mass is 341 g/mol. The minimum atomic E-state index is 0.0745. The van der Waals surface area contributed by atoms with Crippen LogP contribution in [-0.2, 0) is 17.8 Å². The third-order valence-corrected chi connectivity index (χ3v) is 4.19. The molecule has 3 aromatic rings. The van der Waals surface area contributed by atoms with Gasteiger partial charge in [0.05, 0.1) is 17.4 Å². The van der Waals surface area contributed by atoms with Gasteiger partial charge in [0.1, 0.15) is 0 Å². The lowest BCUT2D eigenvalue weighted by Gasteiger charge is -2.07. The second kappa shape index (κ2) is 7.97. The molecule has 0 spiro atoms. The van der Waals surface area contributed by atoms with E-state index in [4.69, 9.17) is 11.6 Å². The Balaban J connectivity index is 1.39. The molecule has 0 atom stereocenters. The van der Waals surface area contributed by atoms with Gasteiger partial charge in [0.25, 0.3) is 0 Å². The number of aromatic nitrogens is 2. The van der Waals surface area contributed by atoms with Crippen LogP contribution in [0.15, 0.2) is 54.9 Å². The molecule has 0 saturated heterocycles. The first-order chi connectivity index (χ1) is 11.7. The summed E-state index contributed by atoms with van der Waals surface area (Å²) in [6.45, 7) is 1.51. The van der Waals surface area contributed by atoms with Crippen molar-refractivity contribution in [3.05, 3.63) is 65.4 Å². The highest BCUT2D eigenvalue weighted by atomic mass is 35.5. The normalized spacial score (nSPS) is 10.9. The minimum absolute atomic E-state index is 0.0745. The maximum absolute atomic E-state index is 11.9. The minimum Gasteiger partial charge on any atom is -0.356 e. The fourth-order valence-electron chi connectivity index (χ4n) is 2.70. The molecule has 0 radical (unpaired) electrons. The Morgan fingerprint density at radius 2 is 2.04 bits per heavy atom. The van der Waals surface area contributed by atoms with Crippen LogP contribution in [0, 0.1) is 0 Å². The summed E-state index contributed by atoms with van der Waals surface area (Å²) in [4.78, 5) is 16.3. The fourth-order valence-corrected chi connectivity index (χ4v) is 2.92. The van der Waals surface area contributed by atoms with Gasteiger partial charge < -0.3 is 9.88 Å². The van der Waals surface area contributed by atoms with Crippen molar-refractivity contribution >= 4 is 28.5 Å². The molecule has 0 aliphatic rings. The maximum atomic E-state index is 11.9. The van der Waals surface area contributed by atoms with Crippen molar-refractivity contribution in [3.63, 3.8) is 0 Å². The highest BCUT2D eigenvalue weighted by Crippen LogP contribution is 2.13. The number of aryl methyl sites for hydroxylation is 2. The standard InChI is InChI=1S/C19H20ClN3O/c20-16-6-3-5-15(13-16)9-10-19(24)21-11-4-12-23-14-22-17-7-1-2-8-18(17)23/h1-3,5-8,13-14H,4,9-12H2,(H,21,24). The van der Waals surface area contributed by atoms with E-state index in [1.54, 1.807) is 0 Å². The van der Waals surface area contributed by atoms with Crippen LogP contribution in [0.3, 0.4) is 0 Å². The average molecular weight is 342 g/mol. The maximum Gasteiger partial charge on any atom is 0.220 e. The summed E-state index contributed by atoms with van der Waals surface area (Å²) in [7, 11) is 0. The van der Waals surface area contributed by atoms with E-state index in [0.29, 0.717) is 24.4 Å². The summed E-state index contributed by atoms with van der Waals surface area (Å²) in [5.74, 6) is 0.0745. The number of carbonyl (C=O) groups excluding carboxylic acids is 1. The van der Waals surface area contributed by atoms with Gasteiger partial charge in [0, 0.05) is 24.5 Å². The van der Waals surface area contributed by atoms with Crippen molar-refractivity contribution in [1.82, 2.24) is 14.9 Å². The van der Waals surface area contributed by atoms with E-state index in [9.17, 15) is 4.79 Å². The van der Waals surface area contributed by atoms with Crippen molar-refractivity contribution in [2.75, 3.05) is 6.54 Å². The van der Waals surface area contributed by atoms with Gasteiger partial charge in [-0.15, -0.1) is 0 Å². The second-order valence-electron chi connectivity index (χ2n) is 5.76. The van der Waals surface area contributed by atoms with Crippen molar-refractivity contribution in [2.45, 2.75) is 25.8 Å². The van der Waals surface area contributed by atoms with Crippen LogP contribution < -0.4 is 5.32 Å². The van der Waals surface area contributed by atoms with E-state index in [1.165, 1.54) is 0 Å². The molecule has 2 aromatic carbocycles. The first-order valence-corrected chi connectivity index (χ1v) is 8.51. The van der Waals surface area contributed by atoms with Crippen LogP contribution in [0.4, 0.5) is 0 Å². The molecule has 1 amide bonds. The average Bonchev–Trinajstić information content (AvgIpc) is 3.00. The van der Waals surface area contributed by atoms with Gasteiger partial charge >= 0.3 is 0 Å². The number of hydrogen-bond acceptors (Lipinski definition) is 2. The highest BCUT2D eigenvalue weighted by molar-refractivity contribution is 6.30. The summed E-state index contributed by atoms with van der Waals surface area (Å²) in [6.07, 6.45) is 3.92. The van der Waals surface area contributed by atoms with E-state index in [-0.39, 0.29) is 5.91 Å². The molecule has 0 aliphatic heterocycles. The first-order valence-electron chi connectivity index (χ1n) is 8.13. The molecule has 5 heteroatoms. The number of fused-ring (bicyclic) bond motifs is 1. The van der Waals surface area contributed by atoms with E-state index in [1.807, 2.05) is 48.8 Å². The number of nitrogens with one attached hydrogen (secondary N) is 1. The SMILES string of the molecule is O=C(CCc1cccc(Cl)c1)NCCCn1cnc2ccccc21. The molecule has 124 valence electrons. The van der Waals surface area contributed by atoms with E-state index < -0.39 is 0 Å². The molecule has 0 aliphatic carbocycles. The van der Waals surface area contributed by atoms with Crippen molar-refractivity contribution in [1.29, 1.82) is 0 Å². The third kappa shape index (κ3) is 4.36. The predicted molar refractivity (Wildman–Crippen MR) is 97.1 cm³/mol. The number of nitrogens with zero attached hydrogens (tertiary/aromatic N) is 2. The van der Waals surface area contributed by atoms with Crippen LogP contribution in [-0.4, -0.2) is 22.0 Å². The number of rotatable bonds is 7. The number of halogens is 1. The molecule has 1 N–H and O–H groups in total. The number of amides is 1. The number of para-hydroxylation sites is 2. The number of imidazole rings is 1. The Kier molecular flexibility index (Phi) is 5.49. The lowest BCUT2D eigenvalue weighted by Crippen LogP contribution is -2.25. The van der Waals surface area contributed by atoms with Crippen molar-refractivity contribution in [2.24, 2.45) is 0 Å². The summed E-state index contributed by atoms with van der Waals surface area (Å²) in [6, 6.07) is 15.7. The number of benzene rings is 2. The number of hydrogen-bond donors (Lipinski definition) is 1. The molecule has 0 saturated carbocycles. The Labute approximate surface area is 146 Å². The zero-order valence-corrected chi connectivity index (χ0v) is 14.2.